The summed E-state index contributed by atoms with van der Waals surface area (Å²) in [5.41, 5.74) is 17.9. The van der Waals surface area contributed by atoms with Gasteiger partial charge < -0.3 is 14.4 Å². The van der Waals surface area contributed by atoms with Gasteiger partial charge in [0.15, 0.2) is 0 Å². The molecule has 267 valence electrons. The van der Waals surface area contributed by atoms with Crippen LogP contribution in [0.1, 0.15) is 33.5 Å². The van der Waals surface area contributed by atoms with E-state index in [0.29, 0.717) is 5.71 Å². The first-order valence-electron chi connectivity index (χ1n) is 17.8. The molecule has 0 aliphatic rings. The standard InChI is InChI=1S/C28H20N3O.C20H18N.Ir/c1-16-12-25-19(6-5-11-29-25)13-23(16)24-14-26(30-15-17(24)2)22-8-4-7-20-21-10-9-18(3)31-28(21)32-27(20)22;1-14-9-10-18(20-11-15(2)16(3)13-21-20)12-19(14)17-7-5-4-6-8-17;/h4-7,9-15H,1-3H3;4-9,11-13H,1-3H3;/q2*-1;. The number of nitrogens with zero attached hydrogens (tertiary/aromatic N) is 4. The predicted molar refractivity (Wildman–Crippen MR) is 217 cm³/mol. The Kier molecular flexibility index (Phi) is 10.3. The van der Waals surface area contributed by atoms with Crippen molar-refractivity contribution in [2.75, 3.05) is 0 Å². The molecule has 0 saturated heterocycles. The molecule has 5 aromatic heterocycles. The van der Waals surface area contributed by atoms with Crippen LogP contribution in [0.3, 0.4) is 0 Å². The molecule has 0 aliphatic heterocycles. The Morgan fingerprint density at radius 2 is 1.35 bits per heavy atom. The van der Waals surface area contributed by atoms with Gasteiger partial charge in [-0.25, -0.2) is 4.98 Å². The van der Waals surface area contributed by atoms with Gasteiger partial charge in [0.05, 0.1) is 11.1 Å². The van der Waals surface area contributed by atoms with Crippen LogP contribution in [0.2, 0.25) is 0 Å². The van der Waals surface area contributed by atoms with E-state index in [9.17, 15) is 0 Å². The normalized spacial score (nSPS) is 11.0. The number of hydrogen-bond donors (Lipinski definition) is 0. The minimum Gasteiger partial charge on any atom is -0.486 e. The molecule has 0 spiro atoms. The minimum atomic E-state index is 0. The van der Waals surface area contributed by atoms with Crippen LogP contribution in [-0.2, 0) is 20.1 Å². The van der Waals surface area contributed by atoms with E-state index in [4.69, 9.17) is 9.40 Å². The third kappa shape index (κ3) is 7.11. The molecular weight excluding hydrogens is 841 g/mol. The largest absolute Gasteiger partial charge is 0.486 e. The Balaban J connectivity index is 0.000000178. The summed E-state index contributed by atoms with van der Waals surface area (Å²) in [6.45, 7) is 12.5. The maximum absolute atomic E-state index is 6.19. The fraction of sp³-hybridized carbons (Fsp3) is 0.125. The molecule has 0 unspecified atom stereocenters. The van der Waals surface area contributed by atoms with Crippen LogP contribution >= 0.6 is 0 Å². The molecule has 54 heavy (non-hydrogen) atoms. The quantitative estimate of drug-likeness (QED) is 0.165. The van der Waals surface area contributed by atoms with Crippen LogP contribution in [0, 0.1) is 53.7 Å². The third-order valence-corrected chi connectivity index (χ3v) is 9.93. The average Bonchev–Trinajstić information content (AvgIpc) is 3.55. The number of benzene rings is 4. The number of fused-ring (bicyclic) bond motifs is 4. The van der Waals surface area contributed by atoms with Crippen molar-refractivity contribution in [1.29, 1.82) is 0 Å². The number of rotatable bonds is 4. The van der Waals surface area contributed by atoms with Crippen molar-refractivity contribution in [1.82, 2.24) is 19.9 Å². The molecule has 9 aromatic rings. The molecule has 1 radical (unpaired) electrons. The summed E-state index contributed by atoms with van der Waals surface area (Å²) in [6, 6.07) is 42.1. The first-order chi connectivity index (χ1) is 25.7. The maximum Gasteiger partial charge on any atom is 0.216 e. The zero-order valence-electron chi connectivity index (χ0n) is 31.1. The van der Waals surface area contributed by atoms with Crippen molar-refractivity contribution < 1.29 is 24.5 Å². The van der Waals surface area contributed by atoms with Gasteiger partial charge in [-0.2, -0.15) is 0 Å². The zero-order chi connectivity index (χ0) is 36.6. The Morgan fingerprint density at radius 3 is 2.17 bits per heavy atom. The Hall–Kier alpha value is -5.81. The van der Waals surface area contributed by atoms with Crippen LogP contribution in [0.4, 0.5) is 0 Å². The van der Waals surface area contributed by atoms with E-state index in [1.165, 1.54) is 38.9 Å². The first kappa shape index (κ1) is 36.5. The topological polar surface area (TPSA) is 64.7 Å². The van der Waals surface area contributed by atoms with E-state index < -0.39 is 0 Å². The van der Waals surface area contributed by atoms with Crippen LogP contribution < -0.4 is 0 Å². The Labute approximate surface area is 329 Å². The summed E-state index contributed by atoms with van der Waals surface area (Å²) >= 11 is 0. The maximum atomic E-state index is 6.19. The van der Waals surface area contributed by atoms with Crippen molar-refractivity contribution in [2.24, 2.45) is 0 Å². The number of aromatic nitrogens is 4. The van der Waals surface area contributed by atoms with E-state index in [1.54, 1.807) is 0 Å². The summed E-state index contributed by atoms with van der Waals surface area (Å²) in [4.78, 5) is 18.3. The zero-order valence-corrected chi connectivity index (χ0v) is 33.5. The van der Waals surface area contributed by atoms with Crippen molar-refractivity contribution in [2.45, 2.75) is 41.5 Å². The van der Waals surface area contributed by atoms with Gasteiger partial charge in [-0.3, -0.25) is 4.98 Å². The number of hydrogen-bond acceptors (Lipinski definition) is 5. The first-order valence-corrected chi connectivity index (χ1v) is 17.8. The number of furan rings is 1. The SMILES string of the molecule is Cc1ccc2c(n1)oc1c(-c3cc(-c4cc5cccnc5cc4C)c(C)cn3)[c-]ccc12.Cc1cnc(-c2[c-]cc(C)c(-c3ccccc3)c2)cc1C.[Ir]. The Morgan fingerprint density at radius 1 is 0.574 bits per heavy atom. The predicted octanol–water partition coefficient (Wildman–Crippen LogP) is 12.1. The molecule has 0 saturated carbocycles. The molecule has 0 atom stereocenters. The van der Waals surface area contributed by atoms with E-state index in [-0.39, 0.29) is 20.1 Å². The van der Waals surface area contributed by atoms with E-state index in [1.807, 2.05) is 55.8 Å². The number of pyridine rings is 4. The second kappa shape index (κ2) is 15.3. The summed E-state index contributed by atoms with van der Waals surface area (Å²) in [5, 5.41) is 3.16. The van der Waals surface area contributed by atoms with Gasteiger partial charge in [0.25, 0.3) is 0 Å². The molecule has 9 rings (SSSR count). The molecule has 0 amide bonds. The summed E-state index contributed by atoms with van der Waals surface area (Å²) in [7, 11) is 0. The molecular formula is C48H38IrN4O-2. The van der Waals surface area contributed by atoms with Crippen LogP contribution in [0.5, 0.6) is 0 Å². The molecule has 5 heterocycles. The van der Waals surface area contributed by atoms with Gasteiger partial charge in [0.2, 0.25) is 5.71 Å². The summed E-state index contributed by atoms with van der Waals surface area (Å²) < 4.78 is 6.19. The second-order valence-corrected chi connectivity index (χ2v) is 13.7. The van der Waals surface area contributed by atoms with Crippen LogP contribution in [-0.4, -0.2) is 19.9 Å². The van der Waals surface area contributed by atoms with Gasteiger partial charge >= 0.3 is 0 Å². The molecule has 0 bridgehead atoms. The fourth-order valence-electron chi connectivity index (χ4n) is 6.78. The van der Waals surface area contributed by atoms with E-state index in [0.717, 1.165) is 66.6 Å². The smallest absolute Gasteiger partial charge is 0.216 e. The van der Waals surface area contributed by atoms with Crippen molar-refractivity contribution in [3.8, 4) is 44.8 Å². The molecule has 4 aromatic carbocycles. The van der Waals surface area contributed by atoms with Crippen LogP contribution in [0.15, 0.2) is 126 Å². The van der Waals surface area contributed by atoms with Gasteiger partial charge in [-0.05, 0) is 110 Å². The molecule has 0 aliphatic carbocycles. The van der Waals surface area contributed by atoms with E-state index >= 15 is 0 Å². The van der Waals surface area contributed by atoms with Crippen molar-refractivity contribution in [3.05, 3.63) is 167 Å². The molecule has 5 nitrogen and oxygen atoms in total. The third-order valence-electron chi connectivity index (χ3n) is 9.93. The second-order valence-electron chi connectivity index (χ2n) is 13.7. The fourth-order valence-corrected chi connectivity index (χ4v) is 6.78. The monoisotopic (exact) mass is 879 g/mol. The van der Waals surface area contributed by atoms with Crippen molar-refractivity contribution in [3.63, 3.8) is 0 Å². The van der Waals surface area contributed by atoms with Gasteiger partial charge in [-0.15, -0.1) is 47.5 Å². The van der Waals surface area contributed by atoms with Crippen LogP contribution in [0.25, 0.3) is 77.7 Å². The minimum absolute atomic E-state index is 0. The van der Waals surface area contributed by atoms with Gasteiger partial charge in [0, 0.05) is 55.2 Å². The molecule has 0 fully saturated rings. The van der Waals surface area contributed by atoms with Gasteiger partial charge in [-0.1, -0.05) is 77.5 Å². The average molecular weight is 879 g/mol. The molecule has 6 heteroatoms. The van der Waals surface area contributed by atoms with E-state index in [2.05, 4.69) is 134 Å². The van der Waals surface area contributed by atoms with Gasteiger partial charge in [0.1, 0.15) is 0 Å². The van der Waals surface area contributed by atoms with Crippen molar-refractivity contribution >= 4 is 33.0 Å². The summed E-state index contributed by atoms with van der Waals surface area (Å²) in [5.74, 6) is 0. The Bertz CT molecular complexity index is 2810. The molecule has 0 N–H and O–H groups in total. The number of aryl methyl sites for hydroxylation is 6. The summed E-state index contributed by atoms with van der Waals surface area (Å²) in [6.07, 6.45) is 5.69.